The lowest BCUT2D eigenvalue weighted by atomic mass is 10.2. The minimum absolute atomic E-state index is 0.127. The Balaban J connectivity index is 1.34. The molecular formula is C20H17N3O3S. The van der Waals surface area contributed by atoms with Gasteiger partial charge in [0.2, 0.25) is 0 Å². The molecule has 7 heteroatoms. The fourth-order valence-electron chi connectivity index (χ4n) is 2.60. The topological polar surface area (TPSA) is 65.7 Å². The van der Waals surface area contributed by atoms with E-state index in [1.807, 2.05) is 41.2 Å². The van der Waals surface area contributed by atoms with Crippen LogP contribution >= 0.6 is 11.3 Å². The second-order valence-electron chi connectivity index (χ2n) is 6.07. The number of thiazole rings is 1. The van der Waals surface area contributed by atoms with Gasteiger partial charge in [0.05, 0.1) is 22.5 Å². The average molecular weight is 379 g/mol. The van der Waals surface area contributed by atoms with Crippen molar-refractivity contribution < 1.29 is 14.3 Å². The summed E-state index contributed by atoms with van der Waals surface area (Å²) >= 11 is 1.53. The molecule has 0 saturated heterocycles. The lowest BCUT2D eigenvalue weighted by Gasteiger charge is -2.06. The van der Waals surface area contributed by atoms with Crippen molar-refractivity contribution in [3.8, 4) is 5.75 Å². The smallest absolute Gasteiger partial charge is 0.338 e. The number of ether oxygens (including phenoxy) is 2. The van der Waals surface area contributed by atoms with Gasteiger partial charge in [0.25, 0.3) is 0 Å². The highest BCUT2D eigenvalue weighted by atomic mass is 32.1. The van der Waals surface area contributed by atoms with Crippen LogP contribution in [0.1, 0.15) is 27.3 Å². The lowest BCUT2D eigenvalue weighted by Crippen LogP contribution is -2.05. The number of hydrogen-bond acceptors (Lipinski definition) is 6. The zero-order chi connectivity index (χ0) is 18.6. The van der Waals surface area contributed by atoms with E-state index in [9.17, 15) is 4.79 Å². The van der Waals surface area contributed by atoms with Gasteiger partial charge in [-0.15, -0.1) is 11.3 Å². The molecule has 3 heterocycles. The molecule has 27 heavy (non-hydrogen) atoms. The van der Waals surface area contributed by atoms with E-state index in [0.717, 1.165) is 16.9 Å². The number of hydrogen-bond donors (Lipinski definition) is 0. The van der Waals surface area contributed by atoms with Gasteiger partial charge in [-0.2, -0.15) is 0 Å². The number of esters is 1. The summed E-state index contributed by atoms with van der Waals surface area (Å²) in [5.41, 5.74) is 5.79. The highest BCUT2D eigenvalue weighted by Gasteiger charge is 2.10. The fourth-order valence-corrected chi connectivity index (χ4v) is 3.14. The number of aryl methyl sites for hydroxylation is 1. The van der Waals surface area contributed by atoms with Gasteiger partial charge in [0, 0.05) is 17.8 Å². The first-order valence-corrected chi connectivity index (χ1v) is 9.33. The maximum absolute atomic E-state index is 12.2. The summed E-state index contributed by atoms with van der Waals surface area (Å²) < 4.78 is 12.9. The maximum atomic E-state index is 12.2. The molecule has 0 saturated carbocycles. The van der Waals surface area contributed by atoms with E-state index < -0.39 is 5.97 Å². The van der Waals surface area contributed by atoms with Crippen molar-refractivity contribution in [2.75, 3.05) is 0 Å². The number of fused-ring (bicyclic) bond motifs is 1. The predicted octanol–water partition coefficient (Wildman–Crippen LogP) is 4.04. The van der Waals surface area contributed by atoms with Crippen LogP contribution in [0.2, 0.25) is 0 Å². The van der Waals surface area contributed by atoms with Gasteiger partial charge in [0.15, 0.2) is 0 Å². The van der Waals surface area contributed by atoms with Crippen molar-refractivity contribution >= 4 is 23.0 Å². The number of nitrogens with zero attached hydrogens (tertiary/aromatic N) is 3. The normalized spacial score (nSPS) is 10.9. The molecule has 0 aliphatic heterocycles. The monoisotopic (exact) mass is 379 g/mol. The summed E-state index contributed by atoms with van der Waals surface area (Å²) in [6.07, 6.45) is 3.85. The van der Waals surface area contributed by atoms with Crippen LogP contribution < -0.4 is 4.74 Å². The van der Waals surface area contributed by atoms with Crippen LogP contribution in [-0.4, -0.2) is 20.3 Å². The predicted molar refractivity (Wildman–Crippen MR) is 102 cm³/mol. The Morgan fingerprint density at radius 3 is 2.70 bits per heavy atom. The molecule has 0 unspecified atom stereocenters. The molecule has 4 aromatic rings. The quantitative estimate of drug-likeness (QED) is 0.473. The number of pyridine rings is 1. The van der Waals surface area contributed by atoms with Gasteiger partial charge in [0.1, 0.15) is 24.6 Å². The van der Waals surface area contributed by atoms with Crippen LogP contribution in [-0.2, 0) is 18.0 Å². The molecule has 1 aromatic carbocycles. The van der Waals surface area contributed by atoms with Crippen LogP contribution in [0.3, 0.4) is 0 Å². The second kappa shape index (κ2) is 7.59. The van der Waals surface area contributed by atoms with Crippen molar-refractivity contribution in [2.24, 2.45) is 0 Å². The zero-order valence-electron chi connectivity index (χ0n) is 14.7. The molecule has 0 amide bonds. The molecule has 0 radical (unpaired) electrons. The van der Waals surface area contributed by atoms with Crippen LogP contribution in [0.15, 0.2) is 59.7 Å². The summed E-state index contributed by atoms with van der Waals surface area (Å²) in [6.45, 7) is 2.55. The van der Waals surface area contributed by atoms with Crippen molar-refractivity contribution in [1.82, 2.24) is 14.4 Å². The summed E-state index contributed by atoms with van der Waals surface area (Å²) in [5, 5.41) is 1.94. The second-order valence-corrected chi connectivity index (χ2v) is 6.79. The largest absolute Gasteiger partial charge is 0.487 e. The number of aromatic nitrogens is 3. The van der Waals surface area contributed by atoms with Gasteiger partial charge >= 0.3 is 5.97 Å². The van der Waals surface area contributed by atoms with Gasteiger partial charge < -0.3 is 13.9 Å². The molecule has 0 atom stereocenters. The van der Waals surface area contributed by atoms with Crippen molar-refractivity contribution in [1.29, 1.82) is 0 Å². The molecular weight excluding hydrogens is 362 g/mol. The number of carbonyl (C=O) groups excluding carboxylic acids is 1. The molecule has 4 rings (SSSR count). The zero-order valence-corrected chi connectivity index (χ0v) is 15.5. The Morgan fingerprint density at radius 1 is 1.07 bits per heavy atom. The molecule has 6 nitrogen and oxygen atoms in total. The van der Waals surface area contributed by atoms with E-state index in [1.54, 1.807) is 29.8 Å². The molecule has 0 aliphatic rings. The van der Waals surface area contributed by atoms with E-state index in [-0.39, 0.29) is 6.61 Å². The lowest BCUT2D eigenvalue weighted by molar-refractivity contribution is 0.0468. The van der Waals surface area contributed by atoms with E-state index in [4.69, 9.17) is 9.47 Å². The molecule has 0 spiro atoms. The first kappa shape index (κ1) is 17.2. The SMILES string of the molecule is Cc1ccc2nc(COC(=O)c3ccc(OCc4cscn4)cc3)cn2c1. The summed E-state index contributed by atoms with van der Waals surface area (Å²) in [6, 6.07) is 10.8. The molecule has 136 valence electrons. The third-order valence-electron chi connectivity index (χ3n) is 3.96. The van der Waals surface area contributed by atoms with Gasteiger partial charge in [-0.1, -0.05) is 6.07 Å². The Bertz CT molecular complexity index is 1060. The first-order chi connectivity index (χ1) is 13.2. The van der Waals surface area contributed by atoms with Crippen LogP contribution in [0, 0.1) is 6.92 Å². The maximum Gasteiger partial charge on any atom is 0.338 e. The van der Waals surface area contributed by atoms with E-state index >= 15 is 0 Å². The van der Waals surface area contributed by atoms with Gasteiger partial charge in [-0.05, 0) is 42.8 Å². The van der Waals surface area contributed by atoms with Crippen LogP contribution in [0.4, 0.5) is 0 Å². The minimum atomic E-state index is -0.394. The molecule has 3 aromatic heterocycles. The van der Waals surface area contributed by atoms with Crippen molar-refractivity contribution in [3.05, 3.63) is 82.2 Å². The van der Waals surface area contributed by atoms with Gasteiger partial charge in [-0.3, -0.25) is 0 Å². The van der Waals surface area contributed by atoms with Crippen molar-refractivity contribution in [2.45, 2.75) is 20.1 Å². The number of benzene rings is 1. The third-order valence-corrected chi connectivity index (χ3v) is 4.60. The van der Waals surface area contributed by atoms with Crippen LogP contribution in [0.25, 0.3) is 5.65 Å². The Hall–Kier alpha value is -3.19. The number of carbonyl (C=O) groups is 1. The highest BCUT2D eigenvalue weighted by Crippen LogP contribution is 2.16. The molecule has 0 aliphatic carbocycles. The molecule has 0 N–H and O–H groups in total. The first-order valence-electron chi connectivity index (χ1n) is 8.39. The van der Waals surface area contributed by atoms with Gasteiger partial charge in [-0.25, -0.2) is 14.8 Å². The average Bonchev–Trinajstić information content (AvgIpc) is 3.34. The Kier molecular flexibility index (Phi) is 4.84. The summed E-state index contributed by atoms with van der Waals surface area (Å²) in [5.74, 6) is 0.282. The molecule has 0 fully saturated rings. The standard InChI is InChI=1S/C20H17N3O3S/c1-14-2-7-19-22-16(9-23(19)8-14)10-26-20(24)15-3-5-18(6-4-15)25-11-17-12-27-13-21-17/h2-9,12-13H,10-11H2,1H3. The van der Waals surface area contributed by atoms with E-state index in [2.05, 4.69) is 9.97 Å². The third kappa shape index (κ3) is 4.15. The summed E-state index contributed by atoms with van der Waals surface area (Å²) in [7, 11) is 0. The molecule has 0 bridgehead atoms. The van der Waals surface area contributed by atoms with Crippen molar-refractivity contribution in [3.63, 3.8) is 0 Å². The Morgan fingerprint density at radius 2 is 1.93 bits per heavy atom. The fraction of sp³-hybridized carbons (Fsp3) is 0.150. The Labute approximate surface area is 160 Å². The van der Waals surface area contributed by atoms with Crippen LogP contribution in [0.5, 0.6) is 5.75 Å². The van der Waals surface area contributed by atoms with E-state index in [1.165, 1.54) is 11.3 Å². The minimum Gasteiger partial charge on any atom is -0.487 e. The highest BCUT2D eigenvalue weighted by molar-refractivity contribution is 7.07. The number of imidazole rings is 1. The van der Waals surface area contributed by atoms with E-state index in [0.29, 0.717) is 23.6 Å². The number of rotatable bonds is 6. The summed E-state index contributed by atoms with van der Waals surface area (Å²) in [4.78, 5) is 20.8.